The van der Waals surface area contributed by atoms with Crippen molar-refractivity contribution in [3.8, 4) is 17.0 Å². The van der Waals surface area contributed by atoms with Gasteiger partial charge in [0.2, 0.25) is 12.1 Å². The van der Waals surface area contributed by atoms with E-state index in [9.17, 15) is 27.6 Å². The minimum atomic E-state index is -4.83. The molecule has 1 aromatic carbocycles. The van der Waals surface area contributed by atoms with E-state index in [1.165, 1.54) is 20.2 Å². The molecule has 248 valence electrons. The van der Waals surface area contributed by atoms with Crippen LogP contribution in [0.4, 0.5) is 36.3 Å². The third-order valence-corrected chi connectivity index (χ3v) is 8.67. The van der Waals surface area contributed by atoms with Gasteiger partial charge in [0.1, 0.15) is 17.1 Å². The molecule has 3 aromatic heterocycles. The number of amides is 1. The molecule has 0 radical (unpaired) electrons. The fourth-order valence-corrected chi connectivity index (χ4v) is 5.62. The van der Waals surface area contributed by atoms with Crippen molar-refractivity contribution in [1.29, 1.82) is 0 Å². The van der Waals surface area contributed by atoms with Crippen LogP contribution in [-0.2, 0) is 28.0 Å². The van der Waals surface area contributed by atoms with Gasteiger partial charge in [0.05, 0.1) is 43.6 Å². The molecular formula is C30H33F3N8O5P+. The summed E-state index contributed by atoms with van der Waals surface area (Å²) in [5.41, 5.74) is 0.420. The van der Waals surface area contributed by atoms with E-state index in [0.717, 1.165) is 12.8 Å². The van der Waals surface area contributed by atoms with Gasteiger partial charge in [-0.05, 0) is 48.6 Å². The fraction of sp³-hybridized carbons (Fsp3) is 0.367. The predicted octanol–water partition coefficient (Wildman–Crippen LogP) is 5.66. The molecule has 1 amide bonds. The Bertz CT molecular complexity index is 1780. The molecule has 0 aliphatic heterocycles. The number of ether oxygens (including phenoxy) is 1. The maximum absolute atomic E-state index is 14.1. The maximum atomic E-state index is 14.1. The summed E-state index contributed by atoms with van der Waals surface area (Å²) in [5, 5.41) is 21.9. The highest BCUT2D eigenvalue weighted by molar-refractivity contribution is 7.38. The molecule has 1 saturated carbocycles. The highest BCUT2D eigenvalue weighted by atomic mass is 31.1. The number of carbonyl (C=O) groups excluding carboxylic acids is 1. The van der Waals surface area contributed by atoms with Crippen LogP contribution in [0, 0.1) is 5.41 Å². The summed E-state index contributed by atoms with van der Waals surface area (Å²) in [6.07, 6.45) is 1.05. The number of nitrogens with one attached hydrogen (secondary N) is 3. The summed E-state index contributed by atoms with van der Waals surface area (Å²) < 4.78 is 66.5. The molecule has 0 saturated heterocycles. The van der Waals surface area contributed by atoms with E-state index < -0.39 is 31.5 Å². The molecule has 1 fully saturated rings. The zero-order chi connectivity index (χ0) is 33.8. The van der Waals surface area contributed by atoms with Crippen molar-refractivity contribution in [3.05, 3.63) is 65.7 Å². The average Bonchev–Trinajstić information content (AvgIpc) is 3.67. The van der Waals surface area contributed by atoms with Crippen LogP contribution in [0.1, 0.15) is 41.4 Å². The Morgan fingerprint density at radius 2 is 1.89 bits per heavy atom. The second-order valence-corrected chi connectivity index (χ2v) is 12.1. The molecular weight excluding hydrogens is 640 g/mol. The Hall–Kier alpha value is -4.66. The van der Waals surface area contributed by atoms with Gasteiger partial charge in [-0.1, -0.05) is 6.07 Å². The first-order chi connectivity index (χ1) is 22.5. The molecule has 1 aliphatic rings. The number of aliphatic hydroxyl groups is 1. The molecule has 1 unspecified atom stereocenters. The van der Waals surface area contributed by atoms with E-state index >= 15 is 0 Å². The van der Waals surface area contributed by atoms with Crippen molar-refractivity contribution in [2.75, 3.05) is 38.0 Å². The lowest BCUT2D eigenvalue weighted by atomic mass is 10.1. The molecule has 47 heavy (non-hydrogen) atoms. The van der Waals surface area contributed by atoms with Crippen LogP contribution < -0.4 is 20.7 Å². The number of hydrogen-bond donors (Lipinski definition) is 4. The lowest BCUT2D eigenvalue weighted by Crippen LogP contribution is -2.21. The number of pyridine rings is 1. The molecule has 13 nitrogen and oxygen atoms in total. The minimum absolute atomic E-state index is 0.0294. The first kappa shape index (κ1) is 33.7. The van der Waals surface area contributed by atoms with Crippen molar-refractivity contribution in [3.63, 3.8) is 0 Å². The van der Waals surface area contributed by atoms with Crippen molar-refractivity contribution in [2.45, 2.75) is 38.6 Å². The SMILES string of the molecule is CCO[P+](=O)Cc1ccc(Nc2ncc(C(F)(F)F)c(Nc3ccc(-c4cnn(CC5(CO)CC5)c4)nc3C(=O)NC)n2)c(OC)c1. The summed E-state index contributed by atoms with van der Waals surface area (Å²) in [4.78, 5) is 25.3. The largest absolute Gasteiger partial charge is 0.512 e. The number of nitrogens with zero attached hydrogens (tertiary/aromatic N) is 5. The van der Waals surface area contributed by atoms with Gasteiger partial charge in [0.15, 0.2) is 5.69 Å². The van der Waals surface area contributed by atoms with E-state index in [0.29, 0.717) is 47.6 Å². The molecule has 4 aromatic rings. The Labute approximate surface area is 268 Å². The van der Waals surface area contributed by atoms with E-state index in [1.807, 2.05) is 0 Å². The molecule has 3 heterocycles. The Morgan fingerprint density at radius 3 is 2.55 bits per heavy atom. The van der Waals surface area contributed by atoms with Gasteiger partial charge in [0, 0.05) is 42.5 Å². The number of hydrogen-bond acceptors (Lipinski definition) is 11. The second-order valence-electron chi connectivity index (χ2n) is 10.9. The molecule has 5 rings (SSSR count). The zero-order valence-corrected chi connectivity index (χ0v) is 26.7. The Balaban J connectivity index is 1.44. The molecule has 0 spiro atoms. The average molecular weight is 674 g/mol. The van der Waals surface area contributed by atoms with E-state index in [-0.39, 0.29) is 35.5 Å². The monoisotopic (exact) mass is 673 g/mol. The smallest absolute Gasteiger partial charge is 0.495 e. The summed E-state index contributed by atoms with van der Waals surface area (Å²) >= 11 is 0. The topological polar surface area (TPSA) is 165 Å². The minimum Gasteiger partial charge on any atom is -0.495 e. The van der Waals surface area contributed by atoms with Crippen LogP contribution in [0.3, 0.4) is 0 Å². The number of halogens is 3. The van der Waals surface area contributed by atoms with Crippen LogP contribution in [0.25, 0.3) is 11.3 Å². The maximum Gasteiger partial charge on any atom is 0.512 e. The second kappa shape index (κ2) is 14.0. The number of aliphatic hydroxyl groups excluding tert-OH is 1. The highest BCUT2D eigenvalue weighted by Gasteiger charge is 2.42. The molecule has 17 heteroatoms. The highest BCUT2D eigenvalue weighted by Crippen LogP contribution is 2.46. The van der Waals surface area contributed by atoms with Crippen LogP contribution in [0.15, 0.2) is 48.9 Å². The molecule has 1 aliphatic carbocycles. The van der Waals surface area contributed by atoms with Gasteiger partial charge < -0.3 is 25.8 Å². The molecule has 1 atom stereocenters. The molecule has 0 bridgehead atoms. The van der Waals surface area contributed by atoms with Crippen molar-refractivity contribution in [1.82, 2.24) is 30.0 Å². The van der Waals surface area contributed by atoms with Crippen LogP contribution in [0.2, 0.25) is 0 Å². The standard InChI is InChI=1S/C30H32F3N8O5P/c1-4-46-47(44)15-18-5-6-22(24(11-18)45-3)39-28-35-13-20(30(31,32)33)26(40-28)38-23-8-7-21(37-25(23)27(43)34-2)19-12-36-41(14-19)16-29(17-42)9-10-29/h5-8,11-14,42H,4,9-10,15-17H2,1-3H3,(H2-,34,35,38,39,40,43)/p+1. The summed E-state index contributed by atoms with van der Waals surface area (Å²) in [6.45, 7) is 2.62. The third-order valence-electron chi connectivity index (χ3n) is 7.50. The first-order valence-electron chi connectivity index (χ1n) is 14.6. The van der Waals surface area contributed by atoms with E-state index in [4.69, 9.17) is 9.26 Å². The van der Waals surface area contributed by atoms with Crippen molar-refractivity contribution < 1.29 is 36.9 Å². The van der Waals surface area contributed by atoms with Crippen molar-refractivity contribution in [2.24, 2.45) is 5.41 Å². The summed E-state index contributed by atoms with van der Waals surface area (Å²) in [7, 11) is 0.875. The zero-order valence-electron chi connectivity index (χ0n) is 25.8. The lowest BCUT2D eigenvalue weighted by molar-refractivity contribution is -0.137. The lowest BCUT2D eigenvalue weighted by Gasteiger charge is -2.17. The summed E-state index contributed by atoms with van der Waals surface area (Å²) in [6, 6.07) is 7.88. The van der Waals surface area contributed by atoms with Crippen LogP contribution in [0.5, 0.6) is 5.75 Å². The van der Waals surface area contributed by atoms with Gasteiger partial charge in [-0.2, -0.15) is 23.3 Å². The number of aromatic nitrogens is 5. The summed E-state index contributed by atoms with van der Waals surface area (Å²) in [5.74, 6) is -1.14. The molecule has 4 N–H and O–H groups in total. The van der Waals surface area contributed by atoms with Gasteiger partial charge in [-0.15, -0.1) is 4.52 Å². The first-order valence-corrected chi connectivity index (χ1v) is 15.9. The predicted molar refractivity (Wildman–Crippen MR) is 167 cm³/mol. The van der Waals surface area contributed by atoms with Crippen LogP contribution >= 0.6 is 8.03 Å². The number of rotatable bonds is 14. The van der Waals surface area contributed by atoms with E-state index in [2.05, 4.69) is 36.0 Å². The Morgan fingerprint density at radius 1 is 1.13 bits per heavy atom. The number of anilines is 4. The number of carbonyl (C=O) groups is 1. The van der Waals surface area contributed by atoms with E-state index in [1.54, 1.807) is 48.3 Å². The van der Waals surface area contributed by atoms with Gasteiger partial charge in [0.25, 0.3) is 5.91 Å². The van der Waals surface area contributed by atoms with Gasteiger partial charge in [-0.3, -0.25) is 9.48 Å². The number of alkyl halides is 3. The van der Waals surface area contributed by atoms with Crippen molar-refractivity contribution >= 4 is 37.1 Å². The Kier molecular flexibility index (Phi) is 10.0. The fourth-order valence-electron chi connectivity index (χ4n) is 4.75. The van der Waals surface area contributed by atoms with Gasteiger partial charge in [-0.25, -0.2) is 9.97 Å². The van der Waals surface area contributed by atoms with Gasteiger partial charge >= 0.3 is 14.2 Å². The normalized spacial score (nSPS) is 14.0. The van der Waals surface area contributed by atoms with Crippen LogP contribution in [-0.4, -0.2) is 63.1 Å². The number of benzene rings is 1. The third kappa shape index (κ3) is 8.02. The number of methoxy groups -OCH3 is 1. The quantitative estimate of drug-likeness (QED) is 0.122.